The second-order valence-electron chi connectivity index (χ2n) is 4.17. The molecule has 18 heavy (non-hydrogen) atoms. The van der Waals surface area contributed by atoms with Gasteiger partial charge in [0.15, 0.2) is 5.82 Å². The van der Waals surface area contributed by atoms with Crippen molar-refractivity contribution >= 4 is 17.4 Å². The fourth-order valence-electron chi connectivity index (χ4n) is 2.16. The van der Waals surface area contributed by atoms with Gasteiger partial charge in [0.25, 0.3) is 0 Å². The molecule has 0 saturated carbocycles. The molecule has 0 aromatic carbocycles. The Morgan fingerprint density at radius 3 is 3.06 bits per heavy atom. The van der Waals surface area contributed by atoms with Gasteiger partial charge in [0, 0.05) is 19.2 Å². The van der Waals surface area contributed by atoms with Crippen molar-refractivity contribution in [1.82, 2.24) is 10.3 Å². The van der Waals surface area contributed by atoms with Crippen molar-refractivity contribution in [3.05, 3.63) is 12.1 Å². The highest BCUT2D eigenvalue weighted by atomic mass is 16.5. The number of hydrogen-bond acceptors (Lipinski definition) is 5. The normalized spacial score (nSPS) is 19.6. The maximum absolute atomic E-state index is 11.8. The van der Waals surface area contributed by atoms with Crippen LogP contribution in [-0.4, -0.2) is 37.1 Å². The van der Waals surface area contributed by atoms with Crippen LogP contribution in [0.4, 0.5) is 11.5 Å². The number of anilines is 2. The predicted octanol–water partition coefficient (Wildman–Crippen LogP) is 0.387. The number of nitrogens with one attached hydrogen (secondary N) is 1. The molecule has 1 aliphatic rings. The summed E-state index contributed by atoms with van der Waals surface area (Å²) in [6.45, 7) is 3.28. The molecule has 1 aromatic heterocycles. The summed E-state index contributed by atoms with van der Waals surface area (Å²) >= 11 is 0. The number of nitrogen functional groups attached to an aromatic ring is 1. The van der Waals surface area contributed by atoms with Gasteiger partial charge in [-0.3, -0.25) is 4.79 Å². The van der Waals surface area contributed by atoms with Gasteiger partial charge in [-0.25, -0.2) is 0 Å². The van der Waals surface area contributed by atoms with E-state index >= 15 is 0 Å². The molecule has 3 N–H and O–H groups in total. The van der Waals surface area contributed by atoms with Gasteiger partial charge in [-0.2, -0.15) is 4.98 Å². The molecule has 6 nitrogen and oxygen atoms in total. The van der Waals surface area contributed by atoms with E-state index in [-0.39, 0.29) is 11.9 Å². The Hall–Kier alpha value is -1.98. The topological polar surface area (TPSA) is 80.5 Å². The molecule has 1 amide bonds. The number of ether oxygens (including phenoxy) is 1. The van der Waals surface area contributed by atoms with Gasteiger partial charge >= 0.3 is 0 Å². The van der Waals surface area contributed by atoms with E-state index in [2.05, 4.69) is 10.3 Å². The van der Waals surface area contributed by atoms with Crippen molar-refractivity contribution in [3.8, 4) is 5.88 Å². The molecule has 0 aliphatic carbocycles. The van der Waals surface area contributed by atoms with Crippen LogP contribution >= 0.6 is 0 Å². The van der Waals surface area contributed by atoms with Crippen molar-refractivity contribution in [3.63, 3.8) is 0 Å². The lowest BCUT2D eigenvalue weighted by Gasteiger charge is -2.36. The highest BCUT2D eigenvalue weighted by Crippen LogP contribution is 2.27. The predicted molar refractivity (Wildman–Crippen MR) is 69.6 cm³/mol. The zero-order chi connectivity index (χ0) is 13.1. The summed E-state index contributed by atoms with van der Waals surface area (Å²) in [5.74, 6) is 1.14. The smallest absolute Gasteiger partial charge is 0.242 e. The molecular formula is C12H18N4O2. The summed E-state index contributed by atoms with van der Waals surface area (Å²) in [5.41, 5.74) is 6.51. The molecule has 0 radical (unpaired) electrons. The van der Waals surface area contributed by atoms with Crippen LogP contribution in [0.15, 0.2) is 12.1 Å². The van der Waals surface area contributed by atoms with Gasteiger partial charge in [-0.15, -0.1) is 0 Å². The van der Waals surface area contributed by atoms with Crippen LogP contribution < -0.4 is 20.7 Å². The van der Waals surface area contributed by atoms with Gasteiger partial charge in [0.05, 0.1) is 12.8 Å². The summed E-state index contributed by atoms with van der Waals surface area (Å²) in [7, 11) is 1.56. The minimum Gasteiger partial charge on any atom is -0.481 e. The van der Waals surface area contributed by atoms with E-state index in [0.717, 1.165) is 0 Å². The largest absolute Gasteiger partial charge is 0.481 e. The average molecular weight is 250 g/mol. The second kappa shape index (κ2) is 5.12. The van der Waals surface area contributed by atoms with Crippen LogP contribution in [0.1, 0.15) is 13.3 Å². The molecule has 0 bridgehead atoms. The van der Waals surface area contributed by atoms with E-state index in [1.807, 2.05) is 11.8 Å². The number of rotatable bonds is 3. The van der Waals surface area contributed by atoms with E-state index in [1.165, 1.54) is 0 Å². The third-order valence-corrected chi connectivity index (χ3v) is 3.08. The first kappa shape index (κ1) is 12.5. The van der Waals surface area contributed by atoms with Crippen molar-refractivity contribution < 1.29 is 9.53 Å². The molecule has 0 spiro atoms. The van der Waals surface area contributed by atoms with Gasteiger partial charge in [0.1, 0.15) is 6.04 Å². The molecule has 6 heteroatoms. The van der Waals surface area contributed by atoms with Crippen molar-refractivity contribution in [2.45, 2.75) is 19.4 Å². The maximum atomic E-state index is 11.8. The summed E-state index contributed by atoms with van der Waals surface area (Å²) in [4.78, 5) is 18.1. The number of aromatic nitrogens is 1. The Balaban J connectivity index is 2.36. The van der Waals surface area contributed by atoms with E-state index in [4.69, 9.17) is 10.5 Å². The number of carbonyl (C=O) groups is 1. The lowest BCUT2D eigenvalue weighted by atomic mass is 10.1. The zero-order valence-corrected chi connectivity index (χ0v) is 10.6. The monoisotopic (exact) mass is 250 g/mol. The fourth-order valence-corrected chi connectivity index (χ4v) is 2.16. The van der Waals surface area contributed by atoms with E-state index in [1.54, 1.807) is 19.2 Å². The van der Waals surface area contributed by atoms with Gasteiger partial charge < -0.3 is 20.7 Å². The van der Waals surface area contributed by atoms with Gasteiger partial charge in [-0.1, -0.05) is 6.92 Å². The molecule has 1 fully saturated rings. The first-order valence-electron chi connectivity index (χ1n) is 6.02. The van der Waals surface area contributed by atoms with Crippen LogP contribution in [0.2, 0.25) is 0 Å². The molecule has 2 rings (SSSR count). The highest BCUT2D eigenvalue weighted by molar-refractivity contribution is 5.87. The Kier molecular flexibility index (Phi) is 3.55. The molecule has 1 saturated heterocycles. The number of piperazine rings is 1. The van der Waals surface area contributed by atoms with E-state index in [9.17, 15) is 4.79 Å². The Morgan fingerprint density at radius 2 is 2.39 bits per heavy atom. The standard InChI is InChI=1S/C12H18N4O2/c1-3-9-12(17)14-6-7-16(9)11-8(13)4-5-10(15-11)18-2/h4-5,9H,3,6-7,13H2,1-2H3,(H,14,17). The number of carbonyl (C=O) groups excluding carboxylic acids is 1. The molecular weight excluding hydrogens is 232 g/mol. The Morgan fingerprint density at radius 1 is 1.61 bits per heavy atom. The number of nitrogens with zero attached hydrogens (tertiary/aromatic N) is 2. The maximum Gasteiger partial charge on any atom is 0.242 e. The summed E-state index contributed by atoms with van der Waals surface area (Å²) in [6.07, 6.45) is 0.712. The third-order valence-electron chi connectivity index (χ3n) is 3.08. The van der Waals surface area contributed by atoms with Crippen LogP contribution in [0, 0.1) is 0 Å². The van der Waals surface area contributed by atoms with Gasteiger partial charge in [-0.05, 0) is 12.5 Å². The SMILES string of the molecule is CCC1C(=O)NCCN1c1nc(OC)ccc1N. The first-order valence-corrected chi connectivity index (χ1v) is 6.02. The molecule has 98 valence electrons. The molecule has 1 aromatic rings. The number of nitrogens with two attached hydrogens (primary N) is 1. The third kappa shape index (κ3) is 2.18. The van der Waals surface area contributed by atoms with Crippen molar-refractivity contribution in [2.75, 3.05) is 30.8 Å². The lowest BCUT2D eigenvalue weighted by Crippen LogP contribution is -2.55. The minimum absolute atomic E-state index is 0.0211. The van der Waals surface area contributed by atoms with Crippen molar-refractivity contribution in [1.29, 1.82) is 0 Å². The number of pyridine rings is 1. The van der Waals surface area contributed by atoms with Crippen molar-refractivity contribution in [2.24, 2.45) is 0 Å². The highest BCUT2D eigenvalue weighted by Gasteiger charge is 2.30. The quantitative estimate of drug-likeness (QED) is 0.811. The fraction of sp³-hybridized carbons (Fsp3) is 0.500. The second-order valence-corrected chi connectivity index (χ2v) is 4.17. The molecule has 1 aliphatic heterocycles. The number of hydrogen-bond donors (Lipinski definition) is 2. The van der Waals surface area contributed by atoms with Crippen LogP contribution in [0.3, 0.4) is 0 Å². The Labute approximate surface area is 106 Å². The Bertz CT molecular complexity index is 450. The van der Waals surface area contributed by atoms with E-state index in [0.29, 0.717) is 36.9 Å². The van der Waals surface area contributed by atoms with Crippen LogP contribution in [0.25, 0.3) is 0 Å². The van der Waals surface area contributed by atoms with Crippen LogP contribution in [0.5, 0.6) is 5.88 Å². The minimum atomic E-state index is -0.222. The summed E-state index contributed by atoms with van der Waals surface area (Å²) < 4.78 is 5.10. The zero-order valence-electron chi connectivity index (χ0n) is 10.6. The van der Waals surface area contributed by atoms with Gasteiger partial charge in [0.2, 0.25) is 11.8 Å². The van der Waals surface area contributed by atoms with Crippen LogP contribution in [-0.2, 0) is 4.79 Å². The molecule has 2 heterocycles. The summed E-state index contributed by atoms with van der Waals surface area (Å²) in [6, 6.07) is 3.24. The molecule has 1 atom stereocenters. The lowest BCUT2D eigenvalue weighted by molar-refractivity contribution is -0.123. The van der Waals surface area contributed by atoms with E-state index < -0.39 is 0 Å². The first-order chi connectivity index (χ1) is 8.67. The summed E-state index contributed by atoms with van der Waals surface area (Å²) in [5, 5.41) is 2.85. The number of amides is 1. The average Bonchev–Trinajstić information content (AvgIpc) is 2.39. The molecule has 1 unspecified atom stereocenters. The number of methoxy groups -OCH3 is 1.